The zero-order chi connectivity index (χ0) is 22.6. The number of nitrogen functional groups attached to an aromatic ring is 1. The van der Waals surface area contributed by atoms with Crippen LogP contribution < -0.4 is 15.4 Å². The highest BCUT2D eigenvalue weighted by atomic mass is 19.1. The molecule has 5 rings (SSSR count). The van der Waals surface area contributed by atoms with E-state index in [-0.39, 0.29) is 23.2 Å². The van der Waals surface area contributed by atoms with Gasteiger partial charge in [0.2, 0.25) is 0 Å². The number of rotatable bonds is 0. The Balaban J connectivity index is 1.72. The van der Waals surface area contributed by atoms with Gasteiger partial charge in [-0.2, -0.15) is 5.26 Å². The van der Waals surface area contributed by atoms with E-state index in [4.69, 9.17) is 15.5 Å². The van der Waals surface area contributed by atoms with Crippen LogP contribution in [0.1, 0.15) is 57.3 Å². The molecule has 0 aliphatic carbocycles. The molecule has 1 aromatic carbocycles. The summed E-state index contributed by atoms with van der Waals surface area (Å²) in [5.41, 5.74) is 10.8. The summed E-state index contributed by atoms with van der Waals surface area (Å²) in [6.45, 7) is 6.94. The molecule has 0 amide bonds. The van der Waals surface area contributed by atoms with Gasteiger partial charge in [-0.05, 0) is 57.9 Å². The molecule has 3 aliphatic heterocycles. The molecule has 1 aromatic heterocycles. The molecule has 2 bridgehead atoms. The van der Waals surface area contributed by atoms with Gasteiger partial charge in [0, 0.05) is 52.8 Å². The minimum atomic E-state index is -0.425. The number of nitrogens with two attached hydrogens (primary N) is 1. The second kappa shape index (κ2) is 7.33. The van der Waals surface area contributed by atoms with Gasteiger partial charge >= 0.3 is 0 Å². The number of allylic oxidation sites excluding steroid dienone is 2. The third-order valence-corrected chi connectivity index (χ3v) is 6.50. The number of ether oxygens (including phenoxy) is 1. The summed E-state index contributed by atoms with van der Waals surface area (Å²) in [6, 6.07) is 9.31. The standard InChI is InChI=1S/C25H26FN5O/c1-14-19-9-17(26)4-5-21(19)31-13-18(31)10-20-23(15(11-27)6-7-25(2,3)30-20)16-8-22(32-14)24(28)29-12-16/h4-5,8-9,12,14,18H,6-7,10,13H2,1-3H3,(H2,28,29). The summed E-state index contributed by atoms with van der Waals surface area (Å²) in [4.78, 5) is 11.7. The van der Waals surface area contributed by atoms with Crippen molar-refractivity contribution in [3.8, 4) is 11.8 Å². The summed E-state index contributed by atoms with van der Waals surface area (Å²) in [7, 11) is 0. The molecule has 2 atom stereocenters. The lowest BCUT2D eigenvalue weighted by Gasteiger charge is -2.23. The summed E-state index contributed by atoms with van der Waals surface area (Å²) >= 11 is 0. The van der Waals surface area contributed by atoms with Crippen LogP contribution in [0.4, 0.5) is 15.9 Å². The number of pyridine rings is 1. The Morgan fingerprint density at radius 3 is 2.91 bits per heavy atom. The van der Waals surface area contributed by atoms with Crippen molar-refractivity contribution in [2.75, 3.05) is 17.2 Å². The monoisotopic (exact) mass is 431 g/mol. The van der Waals surface area contributed by atoms with E-state index >= 15 is 0 Å². The largest absolute Gasteiger partial charge is 0.482 e. The molecule has 0 radical (unpaired) electrons. The molecule has 164 valence electrons. The van der Waals surface area contributed by atoms with Crippen molar-refractivity contribution in [3.63, 3.8) is 0 Å². The van der Waals surface area contributed by atoms with Crippen LogP contribution in [0.5, 0.6) is 5.75 Å². The first-order valence-corrected chi connectivity index (χ1v) is 11.0. The predicted octanol–water partition coefficient (Wildman–Crippen LogP) is 4.83. The molecule has 1 saturated heterocycles. The minimum absolute atomic E-state index is 0.231. The zero-order valence-corrected chi connectivity index (χ0v) is 18.5. The highest BCUT2D eigenvalue weighted by Gasteiger charge is 2.40. The van der Waals surface area contributed by atoms with Crippen molar-refractivity contribution in [2.45, 2.75) is 57.7 Å². The maximum atomic E-state index is 14.1. The van der Waals surface area contributed by atoms with Crippen molar-refractivity contribution >= 4 is 22.8 Å². The third-order valence-electron chi connectivity index (χ3n) is 6.50. The molecule has 2 unspecified atom stereocenters. The van der Waals surface area contributed by atoms with Crippen LogP contribution >= 0.6 is 0 Å². The Hall–Kier alpha value is -3.40. The van der Waals surface area contributed by atoms with E-state index < -0.39 is 6.10 Å². The van der Waals surface area contributed by atoms with Crippen molar-refractivity contribution in [1.29, 1.82) is 5.26 Å². The normalized spacial score (nSPS) is 23.7. The van der Waals surface area contributed by atoms with Gasteiger partial charge in [0.1, 0.15) is 11.9 Å². The van der Waals surface area contributed by atoms with Crippen molar-refractivity contribution < 1.29 is 9.13 Å². The number of aliphatic imine (C=N–C) groups is 1. The first-order chi connectivity index (χ1) is 15.3. The lowest BCUT2D eigenvalue weighted by atomic mass is 9.92. The Kier molecular flexibility index (Phi) is 4.70. The van der Waals surface area contributed by atoms with Crippen molar-refractivity contribution in [1.82, 2.24) is 4.98 Å². The quantitative estimate of drug-likeness (QED) is 0.604. The molecule has 4 heterocycles. The topological polar surface area (TPSA) is 87.3 Å². The fraction of sp³-hybridized carbons (Fsp3) is 0.400. The van der Waals surface area contributed by atoms with Gasteiger partial charge in [-0.15, -0.1) is 0 Å². The number of hydrogen-bond donors (Lipinski definition) is 1. The van der Waals surface area contributed by atoms with Gasteiger partial charge in [-0.3, -0.25) is 4.99 Å². The zero-order valence-electron chi connectivity index (χ0n) is 18.5. The van der Waals surface area contributed by atoms with E-state index in [9.17, 15) is 9.65 Å². The Morgan fingerprint density at radius 2 is 2.12 bits per heavy atom. The second-order valence-electron chi connectivity index (χ2n) is 9.42. The molecule has 32 heavy (non-hydrogen) atoms. The van der Waals surface area contributed by atoms with Crippen LogP contribution in [0.3, 0.4) is 0 Å². The first kappa shape index (κ1) is 20.5. The van der Waals surface area contributed by atoms with Crippen LogP contribution in [0, 0.1) is 17.1 Å². The van der Waals surface area contributed by atoms with Crippen LogP contribution in [0.2, 0.25) is 0 Å². The number of fused-ring (bicyclic) bond motifs is 7. The maximum Gasteiger partial charge on any atom is 0.166 e. The van der Waals surface area contributed by atoms with Gasteiger partial charge in [0.15, 0.2) is 11.6 Å². The number of halogens is 1. The van der Waals surface area contributed by atoms with Gasteiger partial charge in [-0.1, -0.05) is 0 Å². The van der Waals surface area contributed by atoms with Crippen LogP contribution in [-0.4, -0.2) is 28.8 Å². The highest BCUT2D eigenvalue weighted by molar-refractivity contribution is 6.26. The van der Waals surface area contributed by atoms with Crippen molar-refractivity contribution in [2.24, 2.45) is 4.99 Å². The second-order valence-corrected chi connectivity index (χ2v) is 9.42. The van der Waals surface area contributed by atoms with E-state index in [0.717, 1.165) is 41.1 Å². The Morgan fingerprint density at radius 1 is 1.31 bits per heavy atom. The van der Waals surface area contributed by atoms with Crippen LogP contribution in [0.25, 0.3) is 5.57 Å². The molecular formula is C25H26FN5O. The average Bonchev–Trinajstić information content (AvgIpc) is 3.51. The molecule has 6 nitrogen and oxygen atoms in total. The molecule has 7 heteroatoms. The minimum Gasteiger partial charge on any atom is -0.482 e. The van der Waals surface area contributed by atoms with Gasteiger partial charge < -0.3 is 15.4 Å². The number of anilines is 2. The Bertz CT molecular complexity index is 1210. The highest BCUT2D eigenvalue weighted by Crippen LogP contribution is 2.42. The third kappa shape index (κ3) is 3.60. The summed E-state index contributed by atoms with van der Waals surface area (Å²) in [5.74, 6) is 0.371. The fourth-order valence-electron chi connectivity index (χ4n) is 4.73. The van der Waals surface area contributed by atoms with E-state index in [1.165, 1.54) is 12.1 Å². The first-order valence-electron chi connectivity index (χ1n) is 11.0. The lowest BCUT2D eigenvalue weighted by molar-refractivity contribution is 0.227. The molecule has 3 aliphatic rings. The molecule has 1 fully saturated rings. The smallest absolute Gasteiger partial charge is 0.166 e. The van der Waals surface area contributed by atoms with Crippen molar-refractivity contribution in [3.05, 3.63) is 53.0 Å². The number of aromatic nitrogens is 1. The van der Waals surface area contributed by atoms with E-state index in [0.29, 0.717) is 24.2 Å². The van der Waals surface area contributed by atoms with Gasteiger partial charge in [0.05, 0.1) is 17.6 Å². The van der Waals surface area contributed by atoms with Crippen LogP contribution in [0.15, 0.2) is 41.0 Å². The molecule has 2 N–H and O–H groups in total. The Labute approximate surface area is 187 Å². The molecular weight excluding hydrogens is 405 g/mol. The van der Waals surface area contributed by atoms with E-state index in [1.54, 1.807) is 6.20 Å². The summed E-state index contributed by atoms with van der Waals surface area (Å²) in [6.07, 6.45) is 3.42. The molecule has 2 aromatic rings. The lowest BCUT2D eigenvalue weighted by Crippen LogP contribution is -2.20. The summed E-state index contributed by atoms with van der Waals surface area (Å²) in [5, 5.41) is 9.99. The van der Waals surface area contributed by atoms with Crippen LogP contribution in [-0.2, 0) is 0 Å². The van der Waals surface area contributed by atoms with E-state index in [1.807, 2.05) is 19.1 Å². The fourth-order valence-corrected chi connectivity index (χ4v) is 4.73. The number of nitriles is 1. The molecule has 0 spiro atoms. The SMILES string of the molecule is CC1Oc2cc(cnc2N)C2=C(C#N)CCC(C)(C)N=C2CC2CN2c2ccc(F)cc21. The number of benzene rings is 1. The number of hydrogen-bond acceptors (Lipinski definition) is 6. The predicted molar refractivity (Wildman–Crippen MR) is 123 cm³/mol. The van der Waals surface area contributed by atoms with Gasteiger partial charge in [0.25, 0.3) is 0 Å². The maximum absolute atomic E-state index is 14.1. The molecule has 0 saturated carbocycles. The average molecular weight is 432 g/mol. The number of nitrogens with zero attached hydrogens (tertiary/aromatic N) is 4. The summed E-state index contributed by atoms with van der Waals surface area (Å²) < 4.78 is 20.3. The van der Waals surface area contributed by atoms with Gasteiger partial charge in [-0.25, -0.2) is 9.37 Å². The van der Waals surface area contributed by atoms with E-state index in [2.05, 4.69) is 29.8 Å².